The van der Waals surface area contributed by atoms with Gasteiger partial charge in [0.1, 0.15) is 0 Å². The molecule has 5 heteroatoms. The van der Waals surface area contributed by atoms with Crippen LogP contribution < -0.4 is 16.1 Å². The highest BCUT2D eigenvalue weighted by Crippen LogP contribution is 2.17. The van der Waals surface area contributed by atoms with Crippen molar-refractivity contribution in [2.24, 2.45) is 5.10 Å². The third-order valence-electron chi connectivity index (χ3n) is 4.60. The fourth-order valence-electron chi connectivity index (χ4n) is 3.00. The smallest absolute Gasteiger partial charge is 0.244 e. The van der Waals surface area contributed by atoms with Gasteiger partial charge < -0.3 is 10.6 Å². The summed E-state index contributed by atoms with van der Waals surface area (Å²) < 4.78 is 0. The number of benzene rings is 3. The molecule has 29 heavy (non-hydrogen) atoms. The summed E-state index contributed by atoms with van der Waals surface area (Å²) in [6, 6.07) is 25.8. The zero-order valence-corrected chi connectivity index (χ0v) is 16.6. The van der Waals surface area contributed by atoms with Gasteiger partial charge in [0.05, 0.1) is 12.6 Å². The standard InChI is InChI=1S/C24H26N4O/c1-2-28(18-21-6-4-3-5-7-21)23-14-10-20(11-15-23)17-26-27-24(29)16-19-8-12-22(25)13-9-19/h3-15,17H,2,16,18,25H2,1H3,(H,27,29)/b26-17-. The Balaban J connectivity index is 1.53. The molecule has 0 fully saturated rings. The van der Waals surface area contributed by atoms with E-state index < -0.39 is 0 Å². The minimum absolute atomic E-state index is 0.164. The molecule has 5 nitrogen and oxygen atoms in total. The number of nitrogens with one attached hydrogen (secondary N) is 1. The molecule has 3 N–H and O–H groups in total. The fourth-order valence-corrected chi connectivity index (χ4v) is 3.00. The lowest BCUT2D eigenvalue weighted by atomic mass is 10.1. The van der Waals surface area contributed by atoms with E-state index in [0.29, 0.717) is 5.69 Å². The first-order chi connectivity index (χ1) is 14.1. The molecule has 3 rings (SSSR count). The van der Waals surface area contributed by atoms with Gasteiger partial charge in [0.15, 0.2) is 0 Å². The largest absolute Gasteiger partial charge is 0.399 e. The van der Waals surface area contributed by atoms with Crippen molar-refractivity contribution in [3.8, 4) is 0 Å². The molecule has 0 aliphatic rings. The van der Waals surface area contributed by atoms with Crippen LogP contribution in [0.25, 0.3) is 0 Å². The summed E-state index contributed by atoms with van der Waals surface area (Å²) in [5.41, 5.74) is 13.2. The zero-order chi connectivity index (χ0) is 20.5. The van der Waals surface area contributed by atoms with Gasteiger partial charge in [-0.15, -0.1) is 0 Å². The van der Waals surface area contributed by atoms with Crippen LogP contribution in [-0.2, 0) is 17.8 Å². The van der Waals surface area contributed by atoms with E-state index in [1.807, 2.05) is 30.3 Å². The maximum atomic E-state index is 12.0. The number of carbonyl (C=O) groups excluding carboxylic acids is 1. The third kappa shape index (κ3) is 6.21. The second kappa shape index (κ2) is 10.1. The molecule has 0 unspecified atom stereocenters. The molecule has 0 spiro atoms. The Morgan fingerprint density at radius 1 is 0.966 bits per heavy atom. The molecule has 0 saturated heterocycles. The van der Waals surface area contributed by atoms with Crippen LogP contribution in [0.4, 0.5) is 11.4 Å². The summed E-state index contributed by atoms with van der Waals surface area (Å²) in [7, 11) is 0. The molecule has 0 aliphatic carbocycles. The SMILES string of the molecule is CCN(Cc1ccccc1)c1ccc(/C=N\NC(=O)Cc2ccc(N)cc2)cc1. The number of hydrogen-bond donors (Lipinski definition) is 2. The quantitative estimate of drug-likeness (QED) is 0.349. The molecule has 0 heterocycles. The molecule has 148 valence electrons. The maximum Gasteiger partial charge on any atom is 0.244 e. The minimum Gasteiger partial charge on any atom is -0.399 e. The van der Waals surface area contributed by atoms with E-state index in [2.05, 4.69) is 58.7 Å². The normalized spacial score (nSPS) is 10.8. The van der Waals surface area contributed by atoms with Crippen molar-refractivity contribution in [1.29, 1.82) is 0 Å². The van der Waals surface area contributed by atoms with Gasteiger partial charge in [-0.2, -0.15) is 5.10 Å². The number of nitrogens with two attached hydrogens (primary N) is 1. The molecule has 0 aromatic heterocycles. The fraction of sp³-hybridized carbons (Fsp3) is 0.167. The molecule has 1 amide bonds. The minimum atomic E-state index is -0.164. The molecule has 0 radical (unpaired) electrons. The summed E-state index contributed by atoms with van der Waals surface area (Å²) in [4.78, 5) is 14.3. The van der Waals surface area contributed by atoms with E-state index in [0.717, 1.165) is 29.9 Å². The van der Waals surface area contributed by atoms with Crippen LogP contribution in [0.2, 0.25) is 0 Å². The Kier molecular flexibility index (Phi) is 7.00. The molecule has 0 saturated carbocycles. The van der Waals surface area contributed by atoms with Gasteiger partial charge >= 0.3 is 0 Å². The number of nitrogen functional groups attached to an aromatic ring is 1. The molecule has 3 aromatic rings. The van der Waals surface area contributed by atoms with E-state index in [4.69, 9.17) is 5.73 Å². The first-order valence-electron chi connectivity index (χ1n) is 9.69. The number of hydrogen-bond acceptors (Lipinski definition) is 4. The highest BCUT2D eigenvalue weighted by Gasteiger charge is 2.05. The van der Waals surface area contributed by atoms with Gasteiger partial charge in [0.25, 0.3) is 0 Å². The number of nitrogens with zero attached hydrogens (tertiary/aromatic N) is 2. The Morgan fingerprint density at radius 3 is 2.31 bits per heavy atom. The third-order valence-corrected chi connectivity index (χ3v) is 4.60. The van der Waals surface area contributed by atoms with E-state index >= 15 is 0 Å². The summed E-state index contributed by atoms with van der Waals surface area (Å²) >= 11 is 0. The van der Waals surface area contributed by atoms with Crippen LogP contribution in [0.1, 0.15) is 23.6 Å². The van der Waals surface area contributed by atoms with Crippen molar-refractivity contribution < 1.29 is 4.79 Å². The van der Waals surface area contributed by atoms with Crippen molar-refractivity contribution in [2.45, 2.75) is 19.9 Å². The Morgan fingerprint density at radius 2 is 1.66 bits per heavy atom. The van der Waals surface area contributed by atoms with E-state index in [-0.39, 0.29) is 12.3 Å². The highest BCUT2D eigenvalue weighted by atomic mass is 16.2. The second-order valence-electron chi connectivity index (χ2n) is 6.80. The lowest BCUT2D eigenvalue weighted by molar-refractivity contribution is -0.120. The van der Waals surface area contributed by atoms with Crippen molar-refractivity contribution in [2.75, 3.05) is 17.2 Å². The van der Waals surface area contributed by atoms with Crippen molar-refractivity contribution in [1.82, 2.24) is 5.43 Å². The molecular weight excluding hydrogens is 360 g/mol. The topological polar surface area (TPSA) is 70.7 Å². The average molecular weight is 386 g/mol. The second-order valence-corrected chi connectivity index (χ2v) is 6.80. The number of anilines is 2. The van der Waals surface area contributed by atoms with Gasteiger partial charge in [-0.25, -0.2) is 5.43 Å². The van der Waals surface area contributed by atoms with E-state index in [1.54, 1.807) is 18.3 Å². The molecule has 0 atom stereocenters. The van der Waals surface area contributed by atoms with Crippen molar-refractivity contribution in [3.63, 3.8) is 0 Å². The summed E-state index contributed by atoms with van der Waals surface area (Å²) in [6.45, 7) is 3.93. The van der Waals surface area contributed by atoms with Crippen LogP contribution in [-0.4, -0.2) is 18.7 Å². The predicted molar refractivity (Wildman–Crippen MR) is 120 cm³/mol. The van der Waals surface area contributed by atoms with Crippen LogP contribution in [0.3, 0.4) is 0 Å². The Labute approximate surface area is 171 Å². The van der Waals surface area contributed by atoms with E-state index in [9.17, 15) is 4.79 Å². The monoisotopic (exact) mass is 386 g/mol. The van der Waals surface area contributed by atoms with Crippen LogP contribution >= 0.6 is 0 Å². The van der Waals surface area contributed by atoms with Crippen molar-refractivity contribution in [3.05, 3.63) is 95.6 Å². The van der Waals surface area contributed by atoms with E-state index in [1.165, 1.54) is 5.56 Å². The van der Waals surface area contributed by atoms with Crippen LogP contribution in [0.15, 0.2) is 84.0 Å². The van der Waals surface area contributed by atoms with Gasteiger partial charge in [0.2, 0.25) is 5.91 Å². The number of hydrazone groups is 1. The van der Waals surface area contributed by atoms with Gasteiger partial charge in [-0.1, -0.05) is 54.6 Å². The molecule has 0 bridgehead atoms. The highest BCUT2D eigenvalue weighted by molar-refractivity contribution is 5.83. The van der Waals surface area contributed by atoms with Crippen LogP contribution in [0.5, 0.6) is 0 Å². The average Bonchev–Trinajstić information content (AvgIpc) is 2.75. The number of amides is 1. The predicted octanol–water partition coefficient (Wildman–Crippen LogP) is 3.99. The van der Waals surface area contributed by atoms with Gasteiger partial charge in [0, 0.05) is 24.5 Å². The molecule has 0 aliphatic heterocycles. The van der Waals surface area contributed by atoms with Gasteiger partial charge in [-0.05, 0) is 47.9 Å². The van der Waals surface area contributed by atoms with Crippen LogP contribution in [0, 0.1) is 0 Å². The summed E-state index contributed by atoms with van der Waals surface area (Å²) in [5, 5.41) is 4.05. The lowest BCUT2D eigenvalue weighted by Crippen LogP contribution is -2.21. The zero-order valence-electron chi connectivity index (χ0n) is 16.6. The summed E-state index contributed by atoms with van der Waals surface area (Å²) in [5.74, 6) is -0.164. The molecule has 3 aromatic carbocycles. The summed E-state index contributed by atoms with van der Waals surface area (Å²) in [6.07, 6.45) is 1.92. The maximum absolute atomic E-state index is 12.0. The number of carbonyl (C=O) groups is 1. The first-order valence-corrected chi connectivity index (χ1v) is 9.69. The number of rotatable bonds is 8. The molecular formula is C24H26N4O. The van der Waals surface area contributed by atoms with Gasteiger partial charge in [-0.3, -0.25) is 4.79 Å². The lowest BCUT2D eigenvalue weighted by Gasteiger charge is -2.23. The Hall–Kier alpha value is -3.60. The van der Waals surface area contributed by atoms with Crippen molar-refractivity contribution >= 4 is 23.5 Å². The first kappa shape index (κ1) is 20.1. The Bertz CT molecular complexity index is 935.